The third-order valence-corrected chi connectivity index (χ3v) is 2.21. The van der Waals surface area contributed by atoms with E-state index < -0.39 is 0 Å². The van der Waals surface area contributed by atoms with E-state index in [0.717, 1.165) is 18.5 Å². The van der Waals surface area contributed by atoms with Gasteiger partial charge in [0, 0.05) is 18.0 Å². The Hall–Kier alpha value is -1.89. The number of aromatic nitrogens is 3. The van der Waals surface area contributed by atoms with Gasteiger partial charge in [0.15, 0.2) is 0 Å². The maximum Gasteiger partial charge on any atom is 0.137 e. The van der Waals surface area contributed by atoms with Gasteiger partial charge >= 0.3 is 0 Å². The molecule has 1 heterocycles. The molecule has 0 saturated heterocycles. The van der Waals surface area contributed by atoms with Gasteiger partial charge in [-0.3, -0.25) is 4.68 Å². The zero-order chi connectivity index (χ0) is 9.80. The molecule has 0 aliphatic heterocycles. The number of nitriles is 1. The van der Waals surface area contributed by atoms with Crippen molar-refractivity contribution < 1.29 is 0 Å². The zero-order valence-corrected chi connectivity index (χ0v) is 7.67. The van der Waals surface area contributed by atoms with E-state index in [0.29, 0.717) is 5.92 Å². The summed E-state index contributed by atoms with van der Waals surface area (Å²) in [5, 5.41) is 12.7. The van der Waals surface area contributed by atoms with Gasteiger partial charge in [0.1, 0.15) is 12.7 Å². The van der Waals surface area contributed by atoms with Crippen LogP contribution in [0.3, 0.4) is 0 Å². The molecular formula is C10H10N4. The van der Waals surface area contributed by atoms with Crippen molar-refractivity contribution in [2.45, 2.75) is 13.0 Å². The minimum absolute atomic E-state index is 0.425. The van der Waals surface area contributed by atoms with Crippen LogP contribution in [0.4, 0.5) is 0 Å². The summed E-state index contributed by atoms with van der Waals surface area (Å²) in [5.41, 5.74) is 0.750. The molecule has 2 rings (SSSR count). The maximum absolute atomic E-state index is 8.64. The van der Waals surface area contributed by atoms with Crippen LogP contribution >= 0.6 is 0 Å². The second kappa shape index (κ2) is 3.88. The molecule has 0 radical (unpaired) electrons. The van der Waals surface area contributed by atoms with E-state index in [1.807, 2.05) is 12.2 Å². The Morgan fingerprint density at radius 3 is 3.14 bits per heavy atom. The van der Waals surface area contributed by atoms with E-state index in [2.05, 4.69) is 22.2 Å². The van der Waals surface area contributed by atoms with Crippen molar-refractivity contribution in [3.05, 3.63) is 36.5 Å². The fourth-order valence-corrected chi connectivity index (χ4v) is 1.45. The predicted molar refractivity (Wildman–Crippen MR) is 51.0 cm³/mol. The zero-order valence-electron chi connectivity index (χ0n) is 7.67. The van der Waals surface area contributed by atoms with Gasteiger partial charge in [0.05, 0.1) is 6.07 Å². The summed E-state index contributed by atoms with van der Waals surface area (Å²) in [5.74, 6) is 0.425. The second-order valence-electron chi connectivity index (χ2n) is 3.24. The van der Waals surface area contributed by atoms with Gasteiger partial charge in [-0.15, -0.1) is 0 Å². The van der Waals surface area contributed by atoms with Crippen molar-refractivity contribution in [1.82, 2.24) is 14.8 Å². The van der Waals surface area contributed by atoms with Crippen molar-refractivity contribution >= 4 is 0 Å². The van der Waals surface area contributed by atoms with Crippen LogP contribution in [-0.2, 0) is 6.54 Å². The van der Waals surface area contributed by atoms with Gasteiger partial charge in [0.25, 0.3) is 0 Å². The fourth-order valence-electron chi connectivity index (χ4n) is 1.45. The molecule has 1 aliphatic carbocycles. The smallest absolute Gasteiger partial charge is 0.137 e. The predicted octanol–water partition coefficient (Wildman–Crippen LogP) is 1.30. The second-order valence-corrected chi connectivity index (χ2v) is 3.24. The van der Waals surface area contributed by atoms with Crippen molar-refractivity contribution in [3.63, 3.8) is 0 Å². The molecule has 1 aromatic rings. The van der Waals surface area contributed by atoms with Gasteiger partial charge in [-0.25, -0.2) is 4.98 Å². The van der Waals surface area contributed by atoms with E-state index in [1.165, 1.54) is 6.33 Å². The molecule has 0 fully saturated rings. The van der Waals surface area contributed by atoms with Gasteiger partial charge < -0.3 is 0 Å². The Kier molecular flexibility index (Phi) is 2.41. The van der Waals surface area contributed by atoms with Crippen LogP contribution in [0.15, 0.2) is 36.5 Å². The quantitative estimate of drug-likeness (QED) is 0.699. The van der Waals surface area contributed by atoms with Crippen molar-refractivity contribution in [2.75, 3.05) is 0 Å². The summed E-state index contributed by atoms with van der Waals surface area (Å²) in [6.07, 6.45) is 10.0. The first-order valence-corrected chi connectivity index (χ1v) is 4.49. The lowest BCUT2D eigenvalue weighted by Gasteiger charge is -2.13. The largest absolute Gasteiger partial charge is 0.252 e. The van der Waals surface area contributed by atoms with E-state index in [9.17, 15) is 0 Å². The van der Waals surface area contributed by atoms with E-state index in [4.69, 9.17) is 5.26 Å². The highest BCUT2D eigenvalue weighted by Crippen LogP contribution is 2.17. The molecule has 0 bridgehead atoms. The molecule has 0 spiro atoms. The molecule has 0 saturated carbocycles. The summed E-state index contributed by atoms with van der Waals surface area (Å²) in [7, 11) is 0. The highest BCUT2D eigenvalue weighted by atomic mass is 15.3. The standard InChI is InChI=1S/C10H10N4/c11-5-9-1-3-10(4-2-9)6-14-8-12-7-13-14/h1-3,7-8,10H,4,6H2. The van der Waals surface area contributed by atoms with Crippen LogP contribution in [-0.4, -0.2) is 14.8 Å². The highest BCUT2D eigenvalue weighted by Gasteiger charge is 2.09. The monoisotopic (exact) mass is 186 g/mol. The van der Waals surface area contributed by atoms with Gasteiger partial charge in [-0.05, 0) is 12.5 Å². The fraction of sp³-hybridized carbons (Fsp3) is 0.300. The molecule has 1 atom stereocenters. The molecule has 1 aromatic heterocycles. The third kappa shape index (κ3) is 1.88. The molecule has 4 nitrogen and oxygen atoms in total. The van der Waals surface area contributed by atoms with Crippen molar-refractivity contribution in [3.8, 4) is 6.07 Å². The lowest BCUT2D eigenvalue weighted by molar-refractivity contribution is 0.489. The molecule has 0 amide bonds. The Morgan fingerprint density at radius 1 is 1.64 bits per heavy atom. The molecule has 1 unspecified atom stereocenters. The summed E-state index contributed by atoms with van der Waals surface area (Å²) in [6, 6.07) is 2.12. The van der Waals surface area contributed by atoms with Crippen molar-refractivity contribution in [1.29, 1.82) is 5.26 Å². The Labute approximate surface area is 82.2 Å². The van der Waals surface area contributed by atoms with Crippen LogP contribution in [0.2, 0.25) is 0 Å². The van der Waals surface area contributed by atoms with Crippen LogP contribution in [0.25, 0.3) is 0 Å². The maximum atomic E-state index is 8.64. The number of nitrogens with zero attached hydrogens (tertiary/aromatic N) is 4. The first-order chi connectivity index (χ1) is 6.88. The molecule has 0 N–H and O–H groups in total. The number of hydrogen-bond donors (Lipinski definition) is 0. The van der Waals surface area contributed by atoms with Crippen LogP contribution < -0.4 is 0 Å². The molecule has 70 valence electrons. The van der Waals surface area contributed by atoms with E-state index in [1.54, 1.807) is 11.0 Å². The van der Waals surface area contributed by atoms with Crippen LogP contribution in [0.1, 0.15) is 6.42 Å². The van der Waals surface area contributed by atoms with Crippen LogP contribution in [0, 0.1) is 17.2 Å². The summed E-state index contributed by atoms with van der Waals surface area (Å²) in [4.78, 5) is 3.88. The first-order valence-electron chi connectivity index (χ1n) is 4.49. The Morgan fingerprint density at radius 2 is 2.57 bits per heavy atom. The summed E-state index contributed by atoms with van der Waals surface area (Å²) < 4.78 is 1.81. The van der Waals surface area contributed by atoms with Crippen molar-refractivity contribution in [2.24, 2.45) is 5.92 Å². The first kappa shape index (κ1) is 8.70. The summed E-state index contributed by atoms with van der Waals surface area (Å²) in [6.45, 7) is 0.825. The highest BCUT2D eigenvalue weighted by molar-refractivity contribution is 5.35. The SMILES string of the molecule is N#CC1=CCC(Cn2cncn2)C=C1. The van der Waals surface area contributed by atoms with E-state index in [-0.39, 0.29) is 0 Å². The Bertz CT molecular complexity index is 394. The minimum Gasteiger partial charge on any atom is -0.252 e. The normalized spacial score (nSPS) is 20.2. The lowest BCUT2D eigenvalue weighted by Crippen LogP contribution is -2.10. The van der Waals surface area contributed by atoms with Gasteiger partial charge in [-0.2, -0.15) is 10.4 Å². The molecule has 1 aliphatic rings. The molecular weight excluding hydrogens is 176 g/mol. The average Bonchev–Trinajstić information content (AvgIpc) is 2.72. The van der Waals surface area contributed by atoms with Gasteiger partial charge in [-0.1, -0.05) is 12.2 Å². The summed E-state index contributed by atoms with van der Waals surface area (Å²) >= 11 is 0. The third-order valence-electron chi connectivity index (χ3n) is 2.21. The topological polar surface area (TPSA) is 54.5 Å². The average molecular weight is 186 g/mol. The molecule has 14 heavy (non-hydrogen) atoms. The van der Waals surface area contributed by atoms with Gasteiger partial charge in [0.2, 0.25) is 0 Å². The molecule has 0 aromatic carbocycles. The van der Waals surface area contributed by atoms with Crippen LogP contribution in [0.5, 0.6) is 0 Å². The number of allylic oxidation sites excluding steroid dienone is 4. The number of rotatable bonds is 2. The molecule has 4 heteroatoms. The Balaban J connectivity index is 1.96. The number of hydrogen-bond acceptors (Lipinski definition) is 3. The lowest BCUT2D eigenvalue weighted by atomic mass is 9.97. The minimum atomic E-state index is 0.425. The van der Waals surface area contributed by atoms with E-state index >= 15 is 0 Å².